The minimum absolute atomic E-state index is 0.150. The summed E-state index contributed by atoms with van der Waals surface area (Å²) in [5.74, 6) is 1.05. The molecule has 0 unspecified atom stereocenters. The first-order valence-electron chi connectivity index (χ1n) is 10.9. The number of rotatable bonds is 4. The van der Waals surface area contributed by atoms with Crippen LogP contribution in [0.2, 0.25) is 0 Å². The van der Waals surface area contributed by atoms with Gasteiger partial charge in [0.15, 0.2) is 0 Å². The van der Waals surface area contributed by atoms with Crippen LogP contribution in [0, 0.1) is 12.8 Å². The highest BCUT2D eigenvalue weighted by Crippen LogP contribution is 2.41. The third-order valence-electron chi connectivity index (χ3n) is 6.37. The molecular formula is C24H28N2O4S. The Labute approximate surface area is 183 Å². The van der Waals surface area contributed by atoms with Crippen LogP contribution >= 0.6 is 0 Å². The number of aryl methyl sites for hydroxylation is 1. The number of benzene rings is 2. The number of fused-ring (bicyclic) bond motifs is 2. The molecular weight excluding hydrogens is 412 g/mol. The van der Waals surface area contributed by atoms with E-state index in [9.17, 15) is 13.2 Å². The summed E-state index contributed by atoms with van der Waals surface area (Å²) >= 11 is 0. The third kappa shape index (κ3) is 3.85. The lowest BCUT2D eigenvalue weighted by Gasteiger charge is -2.38. The lowest BCUT2D eigenvalue weighted by atomic mass is 9.90. The highest BCUT2D eigenvalue weighted by molar-refractivity contribution is 7.89. The maximum absolute atomic E-state index is 13.3. The highest BCUT2D eigenvalue weighted by atomic mass is 32.2. The maximum atomic E-state index is 13.3. The summed E-state index contributed by atoms with van der Waals surface area (Å²) in [6.45, 7) is 6.57. The van der Waals surface area contributed by atoms with E-state index in [2.05, 4.69) is 4.72 Å². The molecule has 1 saturated carbocycles. The Balaban J connectivity index is 1.42. The molecule has 1 fully saturated rings. The Morgan fingerprint density at radius 1 is 1.16 bits per heavy atom. The van der Waals surface area contributed by atoms with Gasteiger partial charge < -0.3 is 9.64 Å². The van der Waals surface area contributed by atoms with Gasteiger partial charge in [-0.15, -0.1) is 0 Å². The van der Waals surface area contributed by atoms with E-state index in [4.69, 9.17) is 4.74 Å². The van der Waals surface area contributed by atoms with Crippen molar-refractivity contribution in [3.8, 4) is 5.75 Å². The number of sulfonamides is 1. The van der Waals surface area contributed by atoms with Crippen molar-refractivity contribution < 1.29 is 17.9 Å². The fourth-order valence-electron chi connectivity index (χ4n) is 4.64. The van der Waals surface area contributed by atoms with E-state index in [0.717, 1.165) is 41.0 Å². The molecule has 1 amide bonds. The Morgan fingerprint density at radius 3 is 2.68 bits per heavy atom. The molecule has 31 heavy (non-hydrogen) atoms. The van der Waals surface area contributed by atoms with Gasteiger partial charge in [-0.2, -0.15) is 0 Å². The lowest BCUT2D eigenvalue weighted by molar-refractivity contribution is -0.119. The Morgan fingerprint density at radius 2 is 1.94 bits per heavy atom. The zero-order valence-electron chi connectivity index (χ0n) is 18.1. The molecule has 7 heteroatoms. The van der Waals surface area contributed by atoms with Crippen molar-refractivity contribution in [3.63, 3.8) is 0 Å². The van der Waals surface area contributed by atoms with Crippen molar-refractivity contribution in [3.05, 3.63) is 53.1 Å². The van der Waals surface area contributed by atoms with E-state index in [1.54, 1.807) is 18.2 Å². The van der Waals surface area contributed by atoms with Gasteiger partial charge >= 0.3 is 0 Å². The molecule has 2 aromatic carbocycles. The van der Waals surface area contributed by atoms with E-state index < -0.39 is 15.6 Å². The standard InChI is InChI=1S/C24H28N2O4S/c1-15-4-8-19-20(14-24(2,3)30-22(19)12-15)25-31(28,29)18-7-9-21-17(13-18)10-11-26(21)23(27)16-5-6-16/h4,7-9,12-13,16,20,25H,5-6,10-11,14H2,1-3H3/t20-/m0/s1. The minimum atomic E-state index is -3.74. The summed E-state index contributed by atoms with van der Waals surface area (Å²) in [7, 11) is -3.74. The van der Waals surface area contributed by atoms with Gasteiger partial charge in [0.05, 0.1) is 10.9 Å². The number of amides is 1. The molecule has 0 spiro atoms. The van der Waals surface area contributed by atoms with Gasteiger partial charge in [-0.1, -0.05) is 12.1 Å². The summed E-state index contributed by atoms with van der Waals surface area (Å²) in [6, 6.07) is 10.6. The third-order valence-corrected chi connectivity index (χ3v) is 7.84. The quantitative estimate of drug-likeness (QED) is 0.783. The number of carbonyl (C=O) groups excluding carboxylic acids is 1. The van der Waals surface area contributed by atoms with E-state index in [1.165, 1.54) is 0 Å². The van der Waals surface area contributed by atoms with Crippen LogP contribution in [0.5, 0.6) is 5.75 Å². The average Bonchev–Trinajstić information content (AvgIpc) is 3.44. The number of nitrogens with one attached hydrogen (secondary N) is 1. The summed E-state index contributed by atoms with van der Waals surface area (Å²) in [4.78, 5) is 14.6. The zero-order valence-corrected chi connectivity index (χ0v) is 19.0. The summed E-state index contributed by atoms with van der Waals surface area (Å²) in [5.41, 5.74) is 3.22. The second kappa shape index (κ2) is 7.07. The van der Waals surface area contributed by atoms with Crippen LogP contribution in [-0.2, 0) is 21.2 Å². The van der Waals surface area contributed by atoms with Crippen LogP contribution in [0.15, 0.2) is 41.3 Å². The van der Waals surface area contributed by atoms with Crippen molar-refractivity contribution in [1.29, 1.82) is 0 Å². The lowest BCUT2D eigenvalue weighted by Crippen LogP contribution is -2.41. The second-order valence-electron chi connectivity index (χ2n) is 9.59. The van der Waals surface area contributed by atoms with Crippen molar-refractivity contribution in [2.24, 2.45) is 5.92 Å². The smallest absolute Gasteiger partial charge is 0.241 e. The average molecular weight is 441 g/mol. The fraction of sp³-hybridized carbons (Fsp3) is 0.458. The molecule has 2 heterocycles. The second-order valence-corrected chi connectivity index (χ2v) is 11.3. The monoisotopic (exact) mass is 440 g/mol. The fourth-order valence-corrected chi connectivity index (χ4v) is 5.91. The van der Waals surface area contributed by atoms with Gasteiger partial charge in [0, 0.05) is 30.1 Å². The first-order valence-corrected chi connectivity index (χ1v) is 12.4. The molecule has 0 radical (unpaired) electrons. The predicted molar refractivity (Wildman–Crippen MR) is 119 cm³/mol. The summed E-state index contributed by atoms with van der Waals surface area (Å²) in [5, 5.41) is 0. The predicted octanol–water partition coefficient (Wildman–Crippen LogP) is 3.87. The molecule has 2 aromatic rings. The maximum Gasteiger partial charge on any atom is 0.241 e. The van der Waals surface area contributed by atoms with Gasteiger partial charge in [0.1, 0.15) is 11.4 Å². The van der Waals surface area contributed by atoms with Crippen molar-refractivity contribution in [1.82, 2.24) is 4.72 Å². The Kier molecular flexibility index (Phi) is 4.68. The molecule has 6 nitrogen and oxygen atoms in total. The molecule has 3 aliphatic rings. The molecule has 0 bridgehead atoms. The SMILES string of the molecule is Cc1ccc2c(c1)OC(C)(C)C[C@@H]2NS(=O)(=O)c1ccc2c(c1)CCN2C(=O)C1CC1. The van der Waals surface area contributed by atoms with Gasteiger partial charge in [-0.25, -0.2) is 13.1 Å². The van der Waals surface area contributed by atoms with Gasteiger partial charge in [-0.3, -0.25) is 4.79 Å². The van der Waals surface area contributed by atoms with E-state index in [1.807, 2.05) is 43.9 Å². The van der Waals surface area contributed by atoms with E-state index >= 15 is 0 Å². The number of nitrogens with zero attached hydrogens (tertiary/aromatic N) is 1. The first kappa shape index (κ1) is 20.5. The number of ether oxygens (including phenoxy) is 1. The topological polar surface area (TPSA) is 75.7 Å². The molecule has 164 valence electrons. The number of carbonyl (C=O) groups is 1. The van der Waals surface area contributed by atoms with Crippen LogP contribution in [0.4, 0.5) is 5.69 Å². The largest absolute Gasteiger partial charge is 0.487 e. The molecule has 0 aromatic heterocycles. The zero-order chi connectivity index (χ0) is 22.0. The van der Waals surface area contributed by atoms with Crippen molar-refractivity contribution in [2.45, 2.75) is 63.0 Å². The molecule has 5 rings (SSSR count). The number of anilines is 1. The molecule has 2 aliphatic heterocycles. The molecule has 0 saturated heterocycles. The van der Waals surface area contributed by atoms with Crippen LogP contribution in [0.25, 0.3) is 0 Å². The van der Waals surface area contributed by atoms with E-state index in [-0.39, 0.29) is 22.8 Å². The molecule has 1 atom stereocenters. The number of hydrogen-bond acceptors (Lipinski definition) is 4. The summed E-state index contributed by atoms with van der Waals surface area (Å²) < 4.78 is 35.6. The van der Waals surface area contributed by atoms with Gasteiger partial charge in [-0.05, 0) is 75.4 Å². The Bertz CT molecular complexity index is 1170. The highest BCUT2D eigenvalue weighted by Gasteiger charge is 2.38. The van der Waals surface area contributed by atoms with E-state index in [0.29, 0.717) is 19.4 Å². The first-order chi connectivity index (χ1) is 14.6. The van der Waals surface area contributed by atoms with Gasteiger partial charge in [0.2, 0.25) is 15.9 Å². The van der Waals surface area contributed by atoms with Crippen LogP contribution in [0.3, 0.4) is 0 Å². The van der Waals surface area contributed by atoms with Gasteiger partial charge in [0.25, 0.3) is 0 Å². The van der Waals surface area contributed by atoms with Crippen molar-refractivity contribution >= 4 is 21.6 Å². The number of hydrogen-bond donors (Lipinski definition) is 1. The summed E-state index contributed by atoms with van der Waals surface area (Å²) in [6.07, 6.45) is 3.15. The van der Waals surface area contributed by atoms with Crippen LogP contribution in [-0.4, -0.2) is 26.5 Å². The minimum Gasteiger partial charge on any atom is -0.487 e. The molecule has 1 N–H and O–H groups in total. The normalized spacial score (nSPS) is 21.9. The van der Waals surface area contributed by atoms with Crippen LogP contribution in [0.1, 0.15) is 55.8 Å². The van der Waals surface area contributed by atoms with Crippen molar-refractivity contribution in [2.75, 3.05) is 11.4 Å². The molecule has 1 aliphatic carbocycles. The van der Waals surface area contributed by atoms with Crippen LogP contribution < -0.4 is 14.4 Å². The Hall–Kier alpha value is -2.38.